The van der Waals surface area contributed by atoms with Gasteiger partial charge in [0.1, 0.15) is 29.8 Å². The van der Waals surface area contributed by atoms with Crippen molar-refractivity contribution in [3.63, 3.8) is 0 Å². The molecule has 1 aromatic carbocycles. The third kappa shape index (κ3) is 4.26. The molecule has 0 amide bonds. The Kier molecular flexibility index (Phi) is 6.90. The number of phenols is 1. The third-order valence-corrected chi connectivity index (χ3v) is 5.69. The quantitative estimate of drug-likeness (QED) is 0.192. The molecule has 14 nitrogen and oxygen atoms in total. The Bertz CT molecular complexity index is 1120. The van der Waals surface area contributed by atoms with E-state index in [1.165, 1.54) is 32.4 Å². The molecule has 6 atom stereocenters. The van der Waals surface area contributed by atoms with Crippen LogP contribution >= 0.6 is 0 Å². The van der Waals surface area contributed by atoms with Gasteiger partial charge in [-0.1, -0.05) is 0 Å². The smallest absolute Gasteiger partial charge is 0.231 e. The standard InChI is InChI=1S/C22H24O14/c1-31-11-3-7(4-12(32-2)14(11)25)19-20(15(26)13-9(24)5-8(23)6-10(13)33-19)34-21-17(28)16(27)18(29)22(35-21)36-30/h3-6,10,16-18,21-30H,1-2H3. The topological polar surface area (TPSA) is 217 Å². The molecule has 1 saturated heterocycles. The second-order valence-electron chi connectivity index (χ2n) is 7.88. The van der Waals surface area contributed by atoms with Gasteiger partial charge in [0.15, 0.2) is 29.1 Å². The summed E-state index contributed by atoms with van der Waals surface area (Å²) in [5.41, 5.74) is -0.116. The summed E-state index contributed by atoms with van der Waals surface area (Å²) in [6.07, 6.45) is -8.40. The zero-order valence-electron chi connectivity index (χ0n) is 18.8. The fraction of sp³-hybridized carbons (Fsp3) is 0.364. The van der Waals surface area contributed by atoms with Crippen LogP contribution < -0.4 is 9.47 Å². The first-order valence-electron chi connectivity index (χ1n) is 10.4. The van der Waals surface area contributed by atoms with Crippen molar-refractivity contribution in [1.82, 2.24) is 0 Å². The second-order valence-corrected chi connectivity index (χ2v) is 7.88. The van der Waals surface area contributed by atoms with E-state index in [1.807, 2.05) is 0 Å². The second kappa shape index (κ2) is 9.77. The maximum Gasteiger partial charge on any atom is 0.231 e. The average Bonchev–Trinajstić information content (AvgIpc) is 2.85. The molecule has 0 radical (unpaired) electrons. The molecule has 2 aliphatic heterocycles. The number of methoxy groups -OCH3 is 2. The van der Waals surface area contributed by atoms with E-state index in [1.54, 1.807) is 0 Å². The Morgan fingerprint density at radius 3 is 2.06 bits per heavy atom. The molecule has 8 N–H and O–H groups in total. The molecule has 3 aliphatic rings. The fourth-order valence-electron chi connectivity index (χ4n) is 3.86. The molecule has 0 bridgehead atoms. The summed E-state index contributed by atoms with van der Waals surface area (Å²) >= 11 is 0. The van der Waals surface area contributed by atoms with Gasteiger partial charge in [0.05, 0.1) is 19.8 Å². The van der Waals surface area contributed by atoms with E-state index in [4.69, 9.17) is 28.9 Å². The monoisotopic (exact) mass is 512 g/mol. The van der Waals surface area contributed by atoms with E-state index < -0.39 is 54.3 Å². The summed E-state index contributed by atoms with van der Waals surface area (Å²) in [5.74, 6) is -2.86. The molecule has 6 unspecified atom stereocenters. The molecule has 2 heterocycles. The number of ether oxygens (including phenoxy) is 5. The number of phenolic OH excluding ortho intramolecular Hbond substituents is 1. The number of allylic oxidation sites excluding steroid dienone is 1. The Labute approximate surface area is 202 Å². The Morgan fingerprint density at radius 1 is 0.861 bits per heavy atom. The molecule has 1 fully saturated rings. The summed E-state index contributed by atoms with van der Waals surface area (Å²) in [7, 11) is 2.56. The summed E-state index contributed by atoms with van der Waals surface area (Å²) < 4.78 is 27.0. The number of fused-ring (bicyclic) bond motifs is 1. The number of aliphatic hydroxyl groups excluding tert-OH is 6. The maximum absolute atomic E-state index is 11.1. The molecule has 0 spiro atoms. The molecule has 1 aromatic rings. The van der Waals surface area contributed by atoms with Crippen LogP contribution in [-0.4, -0.2) is 92.2 Å². The van der Waals surface area contributed by atoms with Crippen molar-refractivity contribution < 1.29 is 69.6 Å². The van der Waals surface area contributed by atoms with Gasteiger partial charge in [-0.3, -0.25) is 0 Å². The van der Waals surface area contributed by atoms with E-state index in [-0.39, 0.29) is 39.9 Å². The van der Waals surface area contributed by atoms with Crippen LogP contribution in [0.2, 0.25) is 0 Å². The molecule has 36 heavy (non-hydrogen) atoms. The predicted molar refractivity (Wildman–Crippen MR) is 116 cm³/mol. The molecular weight excluding hydrogens is 488 g/mol. The zero-order chi connectivity index (χ0) is 26.3. The molecule has 196 valence electrons. The van der Waals surface area contributed by atoms with Gasteiger partial charge >= 0.3 is 0 Å². The normalized spacial score (nSPS) is 30.2. The number of hydrogen-bond donors (Lipinski definition) is 8. The molecule has 1 aliphatic carbocycles. The maximum atomic E-state index is 11.1. The van der Waals surface area contributed by atoms with Crippen LogP contribution in [0.15, 0.2) is 52.9 Å². The lowest BCUT2D eigenvalue weighted by atomic mass is 9.95. The summed E-state index contributed by atoms with van der Waals surface area (Å²) in [6.45, 7) is 0. The SMILES string of the molecule is COc1cc(C2=C(OC3OC(OO)C(O)C(O)C3O)C(O)=C3C(O)=CC(O)=CC3O2)cc(OC)c1O. The first-order valence-corrected chi connectivity index (χ1v) is 10.4. The summed E-state index contributed by atoms with van der Waals surface area (Å²) in [4.78, 5) is 3.98. The summed E-state index contributed by atoms with van der Waals surface area (Å²) in [6, 6.07) is 2.60. The molecule has 0 saturated carbocycles. The highest BCUT2D eigenvalue weighted by molar-refractivity contribution is 5.73. The highest BCUT2D eigenvalue weighted by Crippen LogP contribution is 2.45. The lowest BCUT2D eigenvalue weighted by molar-refractivity contribution is -0.424. The lowest BCUT2D eigenvalue weighted by Gasteiger charge is -2.39. The zero-order valence-corrected chi connectivity index (χ0v) is 18.8. The van der Waals surface area contributed by atoms with Gasteiger partial charge in [-0.15, -0.1) is 0 Å². The van der Waals surface area contributed by atoms with Crippen molar-refractivity contribution in [3.05, 3.63) is 58.5 Å². The van der Waals surface area contributed by atoms with E-state index in [0.717, 1.165) is 6.08 Å². The highest BCUT2D eigenvalue weighted by Gasteiger charge is 2.48. The number of benzene rings is 1. The van der Waals surface area contributed by atoms with Gasteiger partial charge in [-0.2, -0.15) is 0 Å². The van der Waals surface area contributed by atoms with Crippen LogP contribution in [0.4, 0.5) is 0 Å². The fourth-order valence-corrected chi connectivity index (χ4v) is 3.86. The Morgan fingerprint density at radius 2 is 1.47 bits per heavy atom. The Balaban J connectivity index is 1.87. The minimum absolute atomic E-state index is 0.0555. The first-order chi connectivity index (χ1) is 17.1. The van der Waals surface area contributed by atoms with E-state index in [9.17, 15) is 35.7 Å². The minimum Gasteiger partial charge on any atom is -0.508 e. The predicted octanol–water partition coefficient (Wildman–Crippen LogP) is 0.458. The van der Waals surface area contributed by atoms with E-state index in [2.05, 4.69) is 4.89 Å². The number of aromatic hydroxyl groups is 1. The third-order valence-electron chi connectivity index (χ3n) is 5.69. The van der Waals surface area contributed by atoms with Crippen molar-refractivity contribution in [1.29, 1.82) is 0 Å². The van der Waals surface area contributed by atoms with Crippen LogP contribution in [0.5, 0.6) is 17.2 Å². The highest BCUT2D eigenvalue weighted by atomic mass is 17.1. The largest absolute Gasteiger partial charge is 0.508 e. The average molecular weight is 512 g/mol. The minimum atomic E-state index is -1.90. The first kappa shape index (κ1) is 25.4. The van der Waals surface area contributed by atoms with Crippen LogP contribution in [-0.2, 0) is 19.1 Å². The van der Waals surface area contributed by atoms with Gasteiger partial charge in [0.2, 0.25) is 24.1 Å². The van der Waals surface area contributed by atoms with Crippen molar-refractivity contribution >= 4 is 5.76 Å². The molecule has 4 rings (SSSR count). The van der Waals surface area contributed by atoms with Crippen molar-refractivity contribution in [2.75, 3.05) is 14.2 Å². The van der Waals surface area contributed by atoms with Crippen molar-refractivity contribution in [2.45, 2.75) is 37.0 Å². The molecule has 14 heteroatoms. The number of rotatable bonds is 6. The van der Waals surface area contributed by atoms with Crippen LogP contribution in [0, 0.1) is 0 Å². The van der Waals surface area contributed by atoms with E-state index >= 15 is 0 Å². The van der Waals surface area contributed by atoms with Gasteiger partial charge in [0.25, 0.3) is 0 Å². The van der Waals surface area contributed by atoms with Crippen molar-refractivity contribution in [3.8, 4) is 17.2 Å². The van der Waals surface area contributed by atoms with Gasteiger partial charge in [0, 0.05) is 17.7 Å². The number of hydrogen-bond acceptors (Lipinski definition) is 14. The van der Waals surface area contributed by atoms with Crippen molar-refractivity contribution in [2.24, 2.45) is 0 Å². The van der Waals surface area contributed by atoms with Crippen LogP contribution in [0.1, 0.15) is 5.56 Å². The van der Waals surface area contributed by atoms with Crippen LogP contribution in [0.25, 0.3) is 5.76 Å². The van der Waals surface area contributed by atoms with Gasteiger partial charge < -0.3 is 59.4 Å². The van der Waals surface area contributed by atoms with Gasteiger partial charge in [-0.05, 0) is 12.1 Å². The van der Waals surface area contributed by atoms with Gasteiger partial charge in [-0.25, -0.2) is 10.1 Å². The molecular formula is C22H24O14. The lowest BCUT2D eigenvalue weighted by Crippen LogP contribution is -2.58. The molecule has 0 aromatic heterocycles. The van der Waals surface area contributed by atoms with E-state index in [0.29, 0.717) is 0 Å². The Hall–Kier alpha value is -3.66. The van der Waals surface area contributed by atoms with Crippen LogP contribution in [0.3, 0.4) is 0 Å². The number of aliphatic hydroxyl groups is 6. The summed E-state index contributed by atoms with van der Waals surface area (Å²) in [5, 5.41) is 80.9.